The molecule has 0 aliphatic heterocycles. The number of aliphatic hydroxyl groups is 1. The van der Waals surface area contributed by atoms with E-state index in [-0.39, 0.29) is 18.6 Å². The topological polar surface area (TPSA) is 68.3 Å². The van der Waals surface area contributed by atoms with Gasteiger partial charge in [-0.05, 0) is 56.8 Å². The molecular formula is C26H30F3N5O2. The Bertz CT molecular complexity index is 1300. The minimum atomic E-state index is -4.61. The Morgan fingerprint density at radius 1 is 1.08 bits per heavy atom. The molecule has 1 N–H and O–H groups in total. The van der Waals surface area contributed by atoms with E-state index < -0.39 is 18.1 Å². The van der Waals surface area contributed by atoms with E-state index in [0.717, 1.165) is 27.3 Å². The van der Waals surface area contributed by atoms with Crippen molar-refractivity contribution in [3.8, 4) is 5.75 Å². The van der Waals surface area contributed by atoms with Crippen molar-refractivity contribution >= 4 is 11.0 Å². The lowest BCUT2D eigenvalue weighted by atomic mass is 10.2. The summed E-state index contributed by atoms with van der Waals surface area (Å²) >= 11 is 0. The summed E-state index contributed by atoms with van der Waals surface area (Å²) in [6.07, 6.45) is -5.62. The van der Waals surface area contributed by atoms with Gasteiger partial charge in [0.05, 0.1) is 35.9 Å². The number of hydrogen-bond acceptors (Lipinski definition) is 5. The van der Waals surface area contributed by atoms with E-state index in [1.165, 1.54) is 6.07 Å². The summed E-state index contributed by atoms with van der Waals surface area (Å²) in [7, 11) is 1.82. The second-order valence-electron chi connectivity index (χ2n) is 9.03. The fraction of sp³-hybridized carbons (Fsp3) is 0.385. The standard InChI is InChI=1S/C26H30F3N5O2/c1-18-14-19(2)34(31-18)12-13-36-22-10-8-20(9-11-22)15-32(3)16-21(35)17-33-24-7-5-4-6-23(24)30-25(33)26(27,28)29/h4-11,14,21,35H,12-13,15-17H2,1-3H3/t21-/m1/s1. The number of nitrogens with zero attached hydrogens (tertiary/aromatic N) is 5. The number of halogens is 3. The summed E-state index contributed by atoms with van der Waals surface area (Å²) in [5, 5.41) is 15.0. The maximum Gasteiger partial charge on any atom is 0.449 e. The highest BCUT2D eigenvalue weighted by atomic mass is 19.4. The van der Waals surface area contributed by atoms with E-state index in [0.29, 0.717) is 25.2 Å². The van der Waals surface area contributed by atoms with Gasteiger partial charge in [0.2, 0.25) is 5.82 Å². The van der Waals surface area contributed by atoms with Crippen LogP contribution < -0.4 is 4.74 Å². The van der Waals surface area contributed by atoms with Crippen molar-refractivity contribution < 1.29 is 23.0 Å². The smallest absolute Gasteiger partial charge is 0.449 e. The Kier molecular flexibility index (Phi) is 7.65. The molecule has 0 amide bonds. The Morgan fingerprint density at radius 2 is 1.81 bits per heavy atom. The molecule has 4 aromatic rings. The third kappa shape index (κ3) is 6.24. The van der Waals surface area contributed by atoms with Crippen molar-refractivity contribution in [3.63, 3.8) is 0 Å². The number of aryl methyl sites for hydroxylation is 2. The lowest BCUT2D eigenvalue weighted by molar-refractivity contribution is -0.147. The van der Waals surface area contributed by atoms with Gasteiger partial charge in [-0.25, -0.2) is 4.98 Å². The van der Waals surface area contributed by atoms with Gasteiger partial charge in [-0.2, -0.15) is 18.3 Å². The zero-order valence-corrected chi connectivity index (χ0v) is 20.5. The largest absolute Gasteiger partial charge is 0.492 e. The molecule has 2 aromatic heterocycles. The van der Waals surface area contributed by atoms with Crippen LogP contribution in [0.4, 0.5) is 13.2 Å². The van der Waals surface area contributed by atoms with Crippen LogP contribution in [0.1, 0.15) is 22.8 Å². The number of ether oxygens (including phenoxy) is 1. The van der Waals surface area contributed by atoms with Gasteiger partial charge in [-0.1, -0.05) is 24.3 Å². The first-order valence-corrected chi connectivity index (χ1v) is 11.7. The number of likely N-dealkylation sites (N-methyl/N-ethyl adjacent to an activating group) is 1. The summed E-state index contributed by atoms with van der Waals surface area (Å²) < 4.78 is 49.3. The zero-order valence-electron chi connectivity index (χ0n) is 20.5. The molecule has 4 rings (SSSR count). The molecule has 0 unspecified atom stereocenters. The predicted molar refractivity (Wildman–Crippen MR) is 131 cm³/mol. The highest BCUT2D eigenvalue weighted by Gasteiger charge is 2.38. The summed E-state index contributed by atoms with van der Waals surface area (Å²) in [6.45, 7) is 5.64. The molecule has 0 saturated heterocycles. The molecule has 7 nitrogen and oxygen atoms in total. The lowest BCUT2D eigenvalue weighted by Crippen LogP contribution is -2.32. The number of alkyl halides is 3. The average Bonchev–Trinajstić information content (AvgIpc) is 3.34. The molecule has 2 heterocycles. The molecule has 0 saturated carbocycles. The highest BCUT2D eigenvalue weighted by molar-refractivity contribution is 5.76. The fourth-order valence-electron chi connectivity index (χ4n) is 4.32. The van der Waals surface area contributed by atoms with Gasteiger partial charge in [0.15, 0.2) is 0 Å². The van der Waals surface area contributed by atoms with Gasteiger partial charge in [-0.15, -0.1) is 0 Å². The third-order valence-corrected chi connectivity index (χ3v) is 5.87. The maximum absolute atomic E-state index is 13.5. The molecule has 36 heavy (non-hydrogen) atoms. The second kappa shape index (κ2) is 10.7. The highest BCUT2D eigenvalue weighted by Crippen LogP contribution is 2.31. The number of hydrogen-bond donors (Lipinski definition) is 1. The number of imidazole rings is 1. The van der Waals surface area contributed by atoms with Crippen LogP contribution >= 0.6 is 0 Å². The van der Waals surface area contributed by atoms with Gasteiger partial charge >= 0.3 is 6.18 Å². The Hall–Kier alpha value is -3.37. The lowest BCUT2D eigenvalue weighted by Gasteiger charge is -2.22. The summed E-state index contributed by atoms with van der Waals surface area (Å²) in [5.74, 6) is -0.256. The maximum atomic E-state index is 13.5. The molecule has 10 heteroatoms. The number of aliphatic hydroxyl groups excluding tert-OH is 1. The molecule has 2 aromatic carbocycles. The van der Waals surface area contributed by atoms with E-state index in [2.05, 4.69) is 10.1 Å². The third-order valence-electron chi connectivity index (χ3n) is 5.87. The van der Waals surface area contributed by atoms with E-state index in [4.69, 9.17) is 4.74 Å². The first kappa shape index (κ1) is 25.7. The SMILES string of the molecule is Cc1cc(C)n(CCOc2ccc(CN(C)C[C@@H](O)Cn3c(C(F)(F)F)nc4ccccc43)cc2)n1. The quantitative estimate of drug-likeness (QED) is 0.348. The van der Waals surface area contributed by atoms with Gasteiger partial charge in [0.1, 0.15) is 12.4 Å². The summed E-state index contributed by atoms with van der Waals surface area (Å²) in [5.41, 5.74) is 3.67. The minimum absolute atomic E-state index is 0.199. The van der Waals surface area contributed by atoms with Crippen LogP contribution in [0, 0.1) is 13.8 Å². The normalized spacial score (nSPS) is 13.0. The van der Waals surface area contributed by atoms with Crippen molar-refractivity contribution in [2.24, 2.45) is 0 Å². The summed E-state index contributed by atoms with van der Waals surface area (Å²) in [4.78, 5) is 5.60. The molecule has 0 aliphatic carbocycles. The molecule has 0 radical (unpaired) electrons. The van der Waals surface area contributed by atoms with Crippen LogP contribution in [-0.2, 0) is 25.8 Å². The van der Waals surface area contributed by atoms with E-state index in [9.17, 15) is 18.3 Å². The molecule has 1 atom stereocenters. The van der Waals surface area contributed by atoms with E-state index in [1.54, 1.807) is 18.2 Å². The number of benzene rings is 2. The van der Waals surface area contributed by atoms with Gasteiger partial charge in [-0.3, -0.25) is 9.58 Å². The number of aromatic nitrogens is 4. The van der Waals surface area contributed by atoms with Crippen LogP contribution in [0.2, 0.25) is 0 Å². The average molecular weight is 502 g/mol. The van der Waals surface area contributed by atoms with Crippen molar-refractivity contribution in [3.05, 3.63) is 77.4 Å². The van der Waals surface area contributed by atoms with Crippen LogP contribution in [-0.4, -0.2) is 55.6 Å². The number of fused-ring (bicyclic) bond motifs is 1. The molecular weight excluding hydrogens is 471 g/mol. The molecule has 0 bridgehead atoms. The first-order valence-electron chi connectivity index (χ1n) is 11.7. The second-order valence-corrected chi connectivity index (χ2v) is 9.03. The predicted octanol–water partition coefficient (Wildman–Crippen LogP) is 4.44. The van der Waals surface area contributed by atoms with E-state index >= 15 is 0 Å². The van der Waals surface area contributed by atoms with Gasteiger partial charge in [0, 0.05) is 18.8 Å². The van der Waals surface area contributed by atoms with Crippen LogP contribution in [0.5, 0.6) is 5.75 Å². The number of para-hydroxylation sites is 2. The van der Waals surface area contributed by atoms with E-state index in [1.807, 2.05) is 60.8 Å². The number of rotatable bonds is 10. The zero-order chi connectivity index (χ0) is 25.9. The fourth-order valence-corrected chi connectivity index (χ4v) is 4.32. The van der Waals surface area contributed by atoms with Crippen molar-refractivity contribution in [1.82, 2.24) is 24.2 Å². The molecule has 0 fully saturated rings. The summed E-state index contributed by atoms with van der Waals surface area (Å²) in [6, 6.07) is 16.1. The molecule has 0 aliphatic rings. The van der Waals surface area contributed by atoms with Gasteiger partial charge in [0.25, 0.3) is 0 Å². The Balaban J connectivity index is 1.30. The first-order chi connectivity index (χ1) is 17.1. The van der Waals surface area contributed by atoms with Crippen molar-refractivity contribution in [2.45, 2.75) is 45.8 Å². The minimum Gasteiger partial charge on any atom is -0.492 e. The van der Waals surface area contributed by atoms with Crippen LogP contribution in [0.25, 0.3) is 11.0 Å². The van der Waals surface area contributed by atoms with Crippen LogP contribution in [0.3, 0.4) is 0 Å². The van der Waals surface area contributed by atoms with Crippen molar-refractivity contribution in [1.29, 1.82) is 0 Å². The molecule has 0 spiro atoms. The molecule has 192 valence electrons. The van der Waals surface area contributed by atoms with Crippen LogP contribution in [0.15, 0.2) is 54.6 Å². The Morgan fingerprint density at radius 3 is 2.47 bits per heavy atom. The van der Waals surface area contributed by atoms with Gasteiger partial charge < -0.3 is 14.4 Å². The Labute approximate surface area is 207 Å². The monoisotopic (exact) mass is 501 g/mol. The van der Waals surface area contributed by atoms with Crippen molar-refractivity contribution in [2.75, 3.05) is 20.2 Å².